The quantitative estimate of drug-likeness (QED) is 0.399. The molecule has 0 saturated carbocycles. The van der Waals surface area contributed by atoms with Gasteiger partial charge in [-0.2, -0.15) is 0 Å². The van der Waals surface area contributed by atoms with Gasteiger partial charge in [0.2, 0.25) is 0 Å². The number of nitrogens with zero attached hydrogens (tertiary/aromatic N) is 4. The number of benzene rings is 2. The van der Waals surface area contributed by atoms with E-state index in [4.69, 9.17) is 14.3 Å². The van der Waals surface area contributed by atoms with Gasteiger partial charge in [0.25, 0.3) is 0 Å². The lowest BCUT2D eigenvalue weighted by Crippen LogP contribution is -2.52. The zero-order valence-electron chi connectivity index (χ0n) is 19.3. The second kappa shape index (κ2) is 12.2. The van der Waals surface area contributed by atoms with Crippen molar-refractivity contribution >= 4 is 5.96 Å². The van der Waals surface area contributed by atoms with E-state index in [-0.39, 0.29) is 0 Å². The number of hydrogen-bond acceptors (Lipinski definition) is 5. The van der Waals surface area contributed by atoms with E-state index in [0.29, 0.717) is 19.8 Å². The van der Waals surface area contributed by atoms with Crippen LogP contribution in [0.15, 0.2) is 76.4 Å². The van der Waals surface area contributed by atoms with Crippen LogP contribution in [0.2, 0.25) is 0 Å². The monoisotopic (exact) mass is 447 g/mol. The van der Waals surface area contributed by atoms with Crippen molar-refractivity contribution in [3.8, 4) is 0 Å². The van der Waals surface area contributed by atoms with Crippen LogP contribution in [0.1, 0.15) is 29.3 Å². The van der Waals surface area contributed by atoms with Crippen LogP contribution in [0.3, 0.4) is 0 Å². The number of guanidine groups is 1. The van der Waals surface area contributed by atoms with Crippen molar-refractivity contribution in [2.45, 2.75) is 33.2 Å². The Labute approximate surface area is 196 Å². The highest BCUT2D eigenvalue weighted by Gasteiger charge is 2.20. The average Bonchev–Trinajstić information content (AvgIpc) is 3.37. The third kappa shape index (κ3) is 7.17. The van der Waals surface area contributed by atoms with Gasteiger partial charge in [-0.1, -0.05) is 59.8 Å². The zero-order chi connectivity index (χ0) is 22.7. The van der Waals surface area contributed by atoms with Gasteiger partial charge in [-0.25, -0.2) is 4.99 Å². The first-order chi connectivity index (χ1) is 16.3. The van der Waals surface area contributed by atoms with Gasteiger partial charge in [-0.3, -0.25) is 4.90 Å². The van der Waals surface area contributed by atoms with Crippen LogP contribution in [0.4, 0.5) is 0 Å². The lowest BCUT2D eigenvalue weighted by Gasteiger charge is -2.36. The molecule has 0 unspecified atom stereocenters. The molecular weight excluding hydrogens is 414 g/mol. The van der Waals surface area contributed by atoms with Gasteiger partial charge in [0.15, 0.2) is 5.96 Å². The third-order valence-corrected chi connectivity index (χ3v) is 5.70. The van der Waals surface area contributed by atoms with E-state index in [1.54, 1.807) is 6.26 Å². The summed E-state index contributed by atoms with van der Waals surface area (Å²) in [6, 6.07) is 20.7. The standard InChI is InChI=1S/C26H33N5O2/c1-2-27-26(31-15-13-30(14-16-31)19-25-12-17-33-29-25)28-18-22-8-10-24(11-9-22)21-32-20-23-6-4-3-5-7-23/h3-12,17H,2,13-16,18-21H2,1H3,(H,27,28). The molecule has 1 aliphatic rings. The van der Waals surface area contributed by atoms with Gasteiger partial charge in [0, 0.05) is 45.3 Å². The van der Waals surface area contributed by atoms with E-state index in [0.717, 1.165) is 50.9 Å². The Morgan fingerprint density at radius 2 is 1.64 bits per heavy atom. The molecule has 1 saturated heterocycles. The van der Waals surface area contributed by atoms with E-state index in [2.05, 4.69) is 63.6 Å². The van der Waals surface area contributed by atoms with Gasteiger partial charge in [-0.15, -0.1) is 0 Å². The van der Waals surface area contributed by atoms with Gasteiger partial charge in [-0.05, 0) is 23.6 Å². The van der Waals surface area contributed by atoms with Crippen molar-refractivity contribution in [1.29, 1.82) is 0 Å². The van der Waals surface area contributed by atoms with Crippen molar-refractivity contribution in [3.05, 3.63) is 89.3 Å². The minimum atomic E-state index is 0.611. The summed E-state index contributed by atoms with van der Waals surface area (Å²) in [6.45, 7) is 9.56. The van der Waals surface area contributed by atoms with Crippen LogP contribution < -0.4 is 5.32 Å². The molecule has 174 valence electrons. The topological polar surface area (TPSA) is 66.1 Å². The predicted octanol–water partition coefficient (Wildman–Crippen LogP) is 3.67. The van der Waals surface area contributed by atoms with Crippen LogP contribution >= 0.6 is 0 Å². The summed E-state index contributed by atoms with van der Waals surface area (Å²) < 4.78 is 10.8. The fraction of sp³-hybridized carbons (Fsp3) is 0.385. The first-order valence-electron chi connectivity index (χ1n) is 11.6. The summed E-state index contributed by atoms with van der Waals surface area (Å²) in [5.41, 5.74) is 4.55. The minimum absolute atomic E-state index is 0.611. The van der Waals surface area contributed by atoms with Crippen molar-refractivity contribution in [2.24, 2.45) is 4.99 Å². The molecule has 2 heterocycles. The maximum atomic E-state index is 5.84. The minimum Gasteiger partial charge on any atom is -0.372 e. The smallest absolute Gasteiger partial charge is 0.194 e. The lowest BCUT2D eigenvalue weighted by atomic mass is 10.1. The summed E-state index contributed by atoms with van der Waals surface area (Å²) in [4.78, 5) is 9.64. The van der Waals surface area contributed by atoms with E-state index >= 15 is 0 Å². The molecule has 2 aromatic carbocycles. The molecule has 0 aliphatic carbocycles. The number of piperazine rings is 1. The summed E-state index contributed by atoms with van der Waals surface area (Å²) >= 11 is 0. The number of aromatic nitrogens is 1. The molecule has 3 aromatic rings. The number of hydrogen-bond donors (Lipinski definition) is 1. The molecule has 1 aromatic heterocycles. The first-order valence-corrected chi connectivity index (χ1v) is 11.6. The molecule has 0 bridgehead atoms. The number of rotatable bonds is 9. The van der Waals surface area contributed by atoms with E-state index in [9.17, 15) is 0 Å². The van der Waals surface area contributed by atoms with Crippen molar-refractivity contribution < 1.29 is 9.26 Å². The molecule has 7 heteroatoms. The van der Waals surface area contributed by atoms with Crippen LogP contribution in [0.25, 0.3) is 0 Å². The second-order valence-corrected chi connectivity index (χ2v) is 8.22. The van der Waals surface area contributed by atoms with Gasteiger partial charge >= 0.3 is 0 Å². The fourth-order valence-electron chi connectivity index (χ4n) is 3.86. The summed E-state index contributed by atoms with van der Waals surface area (Å²) in [7, 11) is 0. The van der Waals surface area contributed by atoms with Gasteiger partial charge in [0.1, 0.15) is 6.26 Å². The Kier molecular flexibility index (Phi) is 8.49. The van der Waals surface area contributed by atoms with Crippen LogP contribution in [0, 0.1) is 0 Å². The molecule has 1 N–H and O–H groups in total. The molecule has 1 aliphatic heterocycles. The maximum Gasteiger partial charge on any atom is 0.194 e. The van der Waals surface area contributed by atoms with Crippen molar-refractivity contribution in [2.75, 3.05) is 32.7 Å². The second-order valence-electron chi connectivity index (χ2n) is 8.22. The maximum absolute atomic E-state index is 5.84. The Balaban J connectivity index is 1.25. The zero-order valence-corrected chi connectivity index (χ0v) is 19.3. The van der Waals surface area contributed by atoms with Crippen molar-refractivity contribution in [3.63, 3.8) is 0 Å². The van der Waals surface area contributed by atoms with Crippen molar-refractivity contribution in [1.82, 2.24) is 20.3 Å². The predicted molar refractivity (Wildman–Crippen MR) is 130 cm³/mol. The van der Waals surface area contributed by atoms with Gasteiger partial charge in [0.05, 0.1) is 25.5 Å². The average molecular weight is 448 g/mol. The summed E-state index contributed by atoms with van der Waals surface area (Å²) in [6.07, 6.45) is 1.63. The Bertz CT molecular complexity index is 966. The molecule has 7 nitrogen and oxygen atoms in total. The lowest BCUT2D eigenvalue weighted by molar-refractivity contribution is 0.107. The highest BCUT2D eigenvalue weighted by Crippen LogP contribution is 2.11. The summed E-state index contributed by atoms with van der Waals surface area (Å²) in [5.74, 6) is 0.980. The molecule has 0 spiro atoms. The largest absolute Gasteiger partial charge is 0.372 e. The van der Waals surface area contributed by atoms with Crippen LogP contribution in [0.5, 0.6) is 0 Å². The van der Waals surface area contributed by atoms with E-state index in [1.165, 1.54) is 16.7 Å². The molecule has 0 atom stereocenters. The highest BCUT2D eigenvalue weighted by atomic mass is 16.5. The normalized spacial score (nSPS) is 15.1. The molecule has 0 amide bonds. The van der Waals surface area contributed by atoms with Crippen LogP contribution in [-0.4, -0.2) is 53.6 Å². The number of aliphatic imine (C=N–C) groups is 1. The molecule has 1 fully saturated rings. The molecule has 0 radical (unpaired) electrons. The molecule has 33 heavy (non-hydrogen) atoms. The Morgan fingerprint density at radius 1 is 0.939 bits per heavy atom. The van der Waals surface area contributed by atoms with Crippen LogP contribution in [-0.2, 0) is 31.0 Å². The van der Waals surface area contributed by atoms with E-state index in [1.807, 2.05) is 24.3 Å². The molecule has 4 rings (SSSR count). The Hall–Kier alpha value is -3.16. The molecular formula is C26H33N5O2. The highest BCUT2D eigenvalue weighted by molar-refractivity contribution is 5.80. The SMILES string of the molecule is CCNC(=NCc1ccc(COCc2ccccc2)cc1)N1CCN(Cc2ccon2)CC1. The van der Waals surface area contributed by atoms with Gasteiger partial charge < -0.3 is 19.5 Å². The fourth-order valence-corrected chi connectivity index (χ4v) is 3.86. The first kappa shape index (κ1) is 23.0. The van der Waals surface area contributed by atoms with E-state index < -0.39 is 0 Å². The number of nitrogens with one attached hydrogen (secondary N) is 1. The third-order valence-electron chi connectivity index (χ3n) is 5.70. The summed E-state index contributed by atoms with van der Waals surface area (Å²) in [5, 5.41) is 7.47. The number of ether oxygens (including phenoxy) is 1. The Morgan fingerprint density at radius 3 is 2.30 bits per heavy atom.